The van der Waals surface area contributed by atoms with E-state index in [0.29, 0.717) is 11.7 Å². The van der Waals surface area contributed by atoms with Gasteiger partial charge >= 0.3 is 0 Å². The maximum atomic E-state index is 4.58. The van der Waals surface area contributed by atoms with Gasteiger partial charge in [-0.3, -0.25) is 0 Å². The van der Waals surface area contributed by atoms with Gasteiger partial charge in [-0.2, -0.15) is 4.80 Å². The number of benzene rings is 1. The number of tetrazole rings is 1. The molecule has 0 aliphatic heterocycles. The van der Waals surface area contributed by atoms with E-state index in [9.17, 15) is 0 Å². The zero-order valence-corrected chi connectivity index (χ0v) is 12.6. The summed E-state index contributed by atoms with van der Waals surface area (Å²) in [7, 11) is 0. The Kier molecular flexibility index (Phi) is 4.13. The van der Waals surface area contributed by atoms with Gasteiger partial charge in [-0.1, -0.05) is 55.2 Å². The van der Waals surface area contributed by atoms with E-state index in [0.717, 1.165) is 5.56 Å². The van der Waals surface area contributed by atoms with Crippen LogP contribution in [0.1, 0.15) is 43.7 Å². The Labute approximate surface area is 125 Å². The van der Waals surface area contributed by atoms with E-state index < -0.39 is 0 Å². The van der Waals surface area contributed by atoms with Crippen molar-refractivity contribution in [2.75, 3.05) is 0 Å². The second kappa shape index (κ2) is 6.20. The first-order valence-corrected chi connectivity index (χ1v) is 7.77. The van der Waals surface area contributed by atoms with E-state index in [1.807, 2.05) is 18.2 Å². The van der Waals surface area contributed by atoms with Gasteiger partial charge in [0.05, 0.1) is 6.04 Å². The minimum atomic E-state index is 0.164. The molecule has 1 saturated carbocycles. The van der Waals surface area contributed by atoms with Crippen LogP contribution in [0.3, 0.4) is 0 Å². The van der Waals surface area contributed by atoms with Crippen LogP contribution in [0.25, 0.3) is 11.4 Å². The summed E-state index contributed by atoms with van der Waals surface area (Å²) in [5.74, 6) is 1.29. The SMILES string of the molecule is C=C[C@@H](C1CCCCC1)n1nnc(-c2ccc(C)cc2)n1. The molecule has 0 radical (unpaired) electrons. The molecular weight excluding hydrogens is 260 g/mol. The highest BCUT2D eigenvalue weighted by atomic mass is 15.6. The lowest BCUT2D eigenvalue weighted by Crippen LogP contribution is -2.22. The van der Waals surface area contributed by atoms with Gasteiger partial charge in [-0.05, 0) is 30.9 Å². The quantitative estimate of drug-likeness (QED) is 0.797. The van der Waals surface area contributed by atoms with Crippen LogP contribution in [-0.4, -0.2) is 20.2 Å². The average molecular weight is 282 g/mol. The number of allylic oxidation sites excluding steroid dienone is 1. The van der Waals surface area contributed by atoms with Crippen LogP contribution in [-0.2, 0) is 0 Å². The first-order chi connectivity index (χ1) is 10.3. The average Bonchev–Trinajstić information content (AvgIpc) is 2.99. The minimum absolute atomic E-state index is 0.164. The van der Waals surface area contributed by atoms with Crippen LogP contribution in [0.2, 0.25) is 0 Å². The predicted octanol–water partition coefficient (Wildman–Crippen LogP) is 3.96. The van der Waals surface area contributed by atoms with Gasteiger partial charge in [0.1, 0.15) is 0 Å². The van der Waals surface area contributed by atoms with E-state index in [1.165, 1.54) is 37.7 Å². The van der Waals surface area contributed by atoms with Crippen molar-refractivity contribution >= 4 is 0 Å². The summed E-state index contributed by atoms with van der Waals surface area (Å²) in [6.45, 7) is 6.05. The molecule has 1 aromatic carbocycles. The first kappa shape index (κ1) is 14.0. The zero-order valence-electron chi connectivity index (χ0n) is 12.6. The number of aryl methyl sites for hydroxylation is 1. The third-order valence-electron chi connectivity index (χ3n) is 4.38. The van der Waals surface area contributed by atoms with Crippen molar-refractivity contribution in [3.05, 3.63) is 42.5 Å². The van der Waals surface area contributed by atoms with Crippen molar-refractivity contribution in [3.63, 3.8) is 0 Å². The maximum Gasteiger partial charge on any atom is 0.204 e. The van der Waals surface area contributed by atoms with E-state index >= 15 is 0 Å². The van der Waals surface area contributed by atoms with E-state index in [1.54, 1.807) is 4.80 Å². The van der Waals surface area contributed by atoms with Crippen molar-refractivity contribution < 1.29 is 0 Å². The van der Waals surface area contributed by atoms with Crippen LogP contribution in [0.5, 0.6) is 0 Å². The van der Waals surface area contributed by atoms with Crippen molar-refractivity contribution in [2.45, 2.75) is 45.1 Å². The Morgan fingerprint density at radius 2 is 1.90 bits per heavy atom. The van der Waals surface area contributed by atoms with Gasteiger partial charge < -0.3 is 0 Å². The summed E-state index contributed by atoms with van der Waals surface area (Å²) in [4.78, 5) is 1.75. The highest BCUT2D eigenvalue weighted by molar-refractivity contribution is 5.54. The third-order valence-corrected chi connectivity index (χ3v) is 4.38. The number of rotatable bonds is 4. The van der Waals surface area contributed by atoms with Crippen molar-refractivity contribution in [2.24, 2.45) is 5.92 Å². The molecule has 0 unspecified atom stereocenters. The minimum Gasteiger partial charge on any atom is -0.157 e. The molecule has 4 nitrogen and oxygen atoms in total. The fourth-order valence-corrected chi connectivity index (χ4v) is 3.12. The number of hydrogen-bond acceptors (Lipinski definition) is 3. The molecule has 0 N–H and O–H groups in total. The summed E-state index contributed by atoms with van der Waals surface area (Å²) in [5, 5.41) is 13.1. The standard InChI is InChI=1S/C17H22N4/c1-3-16(14-7-5-4-6-8-14)21-19-17(18-20-21)15-11-9-13(2)10-12-15/h3,9-12,14,16H,1,4-8H2,2H3/t16-/m0/s1. The third kappa shape index (κ3) is 3.04. The lowest BCUT2D eigenvalue weighted by molar-refractivity contribution is 0.254. The first-order valence-electron chi connectivity index (χ1n) is 7.77. The second-order valence-electron chi connectivity index (χ2n) is 5.92. The molecule has 3 rings (SSSR count). The molecule has 0 saturated heterocycles. The molecular formula is C17H22N4. The molecule has 1 aliphatic carbocycles. The van der Waals surface area contributed by atoms with Crippen molar-refractivity contribution in [1.29, 1.82) is 0 Å². The Hall–Kier alpha value is -1.97. The van der Waals surface area contributed by atoms with Gasteiger partial charge in [-0.15, -0.1) is 16.8 Å². The molecule has 0 spiro atoms. The van der Waals surface area contributed by atoms with Crippen LogP contribution in [0.15, 0.2) is 36.9 Å². The second-order valence-corrected chi connectivity index (χ2v) is 5.92. The molecule has 110 valence electrons. The number of aromatic nitrogens is 4. The molecule has 1 heterocycles. The molecule has 21 heavy (non-hydrogen) atoms. The smallest absolute Gasteiger partial charge is 0.157 e. The van der Waals surface area contributed by atoms with Crippen LogP contribution >= 0.6 is 0 Å². The lowest BCUT2D eigenvalue weighted by Gasteiger charge is -2.26. The van der Waals surface area contributed by atoms with E-state index in [-0.39, 0.29) is 6.04 Å². The fraction of sp³-hybridized carbons (Fsp3) is 0.471. The highest BCUT2D eigenvalue weighted by Crippen LogP contribution is 2.33. The molecule has 1 fully saturated rings. The Morgan fingerprint density at radius 3 is 2.57 bits per heavy atom. The van der Waals surface area contributed by atoms with Gasteiger partial charge in [0.15, 0.2) is 0 Å². The molecule has 4 heteroatoms. The molecule has 2 aromatic rings. The van der Waals surface area contributed by atoms with Crippen molar-refractivity contribution in [3.8, 4) is 11.4 Å². The number of hydrogen-bond donors (Lipinski definition) is 0. The van der Waals surface area contributed by atoms with Crippen LogP contribution in [0, 0.1) is 12.8 Å². The molecule has 1 atom stereocenters. The maximum absolute atomic E-state index is 4.58. The number of nitrogens with zero attached hydrogens (tertiary/aromatic N) is 4. The Morgan fingerprint density at radius 1 is 1.19 bits per heavy atom. The van der Waals surface area contributed by atoms with Gasteiger partial charge in [0.2, 0.25) is 5.82 Å². The van der Waals surface area contributed by atoms with Gasteiger partial charge in [0, 0.05) is 5.56 Å². The lowest BCUT2D eigenvalue weighted by atomic mass is 9.84. The van der Waals surface area contributed by atoms with Crippen LogP contribution < -0.4 is 0 Å². The van der Waals surface area contributed by atoms with Crippen molar-refractivity contribution in [1.82, 2.24) is 20.2 Å². The van der Waals surface area contributed by atoms with E-state index in [2.05, 4.69) is 41.0 Å². The van der Waals surface area contributed by atoms with Crippen LogP contribution in [0.4, 0.5) is 0 Å². The molecule has 0 amide bonds. The Balaban J connectivity index is 1.82. The summed E-state index contributed by atoms with van der Waals surface area (Å²) < 4.78 is 0. The van der Waals surface area contributed by atoms with Gasteiger partial charge in [0.25, 0.3) is 0 Å². The normalized spacial score (nSPS) is 17.6. The topological polar surface area (TPSA) is 43.6 Å². The molecule has 0 bridgehead atoms. The predicted molar refractivity (Wildman–Crippen MR) is 83.8 cm³/mol. The zero-order chi connectivity index (χ0) is 14.7. The Bertz CT molecular complexity index is 594. The van der Waals surface area contributed by atoms with Gasteiger partial charge in [-0.25, -0.2) is 0 Å². The largest absolute Gasteiger partial charge is 0.204 e. The summed E-state index contributed by atoms with van der Waals surface area (Å²) >= 11 is 0. The molecule has 1 aromatic heterocycles. The molecule has 1 aliphatic rings. The summed E-state index contributed by atoms with van der Waals surface area (Å²) in [6, 6.07) is 8.39. The van der Waals surface area contributed by atoms with E-state index in [4.69, 9.17) is 0 Å². The summed E-state index contributed by atoms with van der Waals surface area (Å²) in [6.07, 6.45) is 8.38. The highest BCUT2D eigenvalue weighted by Gasteiger charge is 2.24. The summed E-state index contributed by atoms with van der Waals surface area (Å²) in [5.41, 5.74) is 2.25. The fourth-order valence-electron chi connectivity index (χ4n) is 3.12. The monoisotopic (exact) mass is 282 g/mol.